The van der Waals surface area contributed by atoms with E-state index < -0.39 is 0 Å². The van der Waals surface area contributed by atoms with Gasteiger partial charge in [0.15, 0.2) is 10.3 Å². The highest BCUT2D eigenvalue weighted by molar-refractivity contribution is 7.99. The fraction of sp³-hybridized carbons (Fsp3) is 0.188. The van der Waals surface area contributed by atoms with Crippen molar-refractivity contribution in [3.8, 4) is 11.3 Å². The number of aromatic nitrogens is 3. The van der Waals surface area contributed by atoms with Crippen LogP contribution in [0.5, 0.6) is 0 Å². The van der Waals surface area contributed by atoms with Crippen LogP contribution in [0.25, 0.3) is 11.3 Å². The smallest absolute Gasteiger partial charge is 0.236 e. The van der Waals surface area contributed by atoms with Crippen LogP contribution in [0.15, 0.2) is 35.6 Å². The Morgan fingerprint density at radius 1 is 1.33 bits per heavy atom. The van der Waals surface area contributed by atoms with Crippen LogP contribution in [0, 0.1) is 19.7 Å². The van der Waals surface area contributed by atoms with Crippen molar-refractivity contribution in [1.29, 1.82) is 0 Å². The van der Waals surface area contributed by atoms with E-state index in [1.807, 2.05) is 13.8 Å². The van der Waals surface area contributed by atoms with Gasteiger partial charge in [-0.25, -0.2) is 14.4 Å². The van der Waals surface area contributed by atoms with Crippen LogP contribution in [-0.2, 0) is 4.79 Å². The maximum Gasteiger partial charge on any atom is 0.236 e. The zero-order chi connectivity index (χ0) is 17.1. The molecule has 0 aliphatic carbocycles. The topological polar surface area (TPSA) is 70.7 Å². The van der Waals surface area contributed by atoms with Crippen molar-refractivity contribution in [2.45, 2.75) is 19.0 Å². The van der Waals surface area contributed by atoms with Crippen molar-refractivity contribution < 1.29 is 9.18 Å². The molecule has 5 nitrogen and oxygen atoms in total. The number of hydrogen-bond donors (Lipinski definition) is 2. The number of halogens is 1. The van der Waals surface area contributed by atoms with Gasteiger partial charge in [0.25, 0.3) is 0 Å². The van der Waals surface area contributed by atoms with Gasteiger partial charge in [0.1, 0.15) is 5.82 Å². The van der Waals surface area contributed by atoms with E-state index in [2.05, 4.69) is 20.3 Å². The van der Waals surface area contributed by atoms with Gasteiger partial charge in [-0.05, 0) is 43.7 Å². The maximum absolute atomic E-state index is 12.9. The summed E-state index contributed by atoms with van der Waals surface area (Å²) in [4.78, 5) is 24.7. The van der Waals surface area contributed by atoms with Gasteiger partial charge in [-0.2, -0.15) is 0 Å². The lowest BCUT2D eigenvalue weighted by molar-refractivity contribution is -0.113. The molecule has 24 heavy (non-hydrogen) atoms. The molecule has 0 saturated heterocycles. The Morgan fingerprint density at radius 3 is 2.75 bits per heavy atom. The lowest BCUT2D eigenvalue weighted by Gasteiger charge is -2.00. The molecular formula is C16H15FN4OS2. The fourth-order valence-electron chi connectivity index (χ4n) is 1.97. The molecule has 0 aliphatic rings. The number of benzene rings is 1. The van der Waals surface area contributed by atoms with Crippen molar-refractivity contribution >= 4 is 34.1 Å². The summed E-state index contributed by atoms with van der Waals surface area (Å²) < 4.78 is 12.9. The number of imidazole rings is 1. The van der Waals surface area contributed by atoms with E-state index >= 15 is 0 Å². The van der Waals surface area contributed by atoms with Crippen molar-refractivity contribution in [1.82, 2.24) is 15.0 Å². The number of carbonyl (C=O) groups excluding carboxylic acids is 1. The summed E-state index contributed by atoms with van der Waals surface area (Å²) >= 11 is 2.76. The maximum atomic E-state index is 12.9. The zero-order valence-corrected chi connectivity index (χ0v) is 14.7. The fourth-order valence-corrected chi connectivity index (χ4v) is 3.45. The number of rotatable bonds is 5. The Kier molecular flexibility index (Phi) is 4.96. The molecular weight excluding hydrogens is 347 g/mol. The van der Waals surface area contributed by atoms with Crippen LogP contribution < -0.4 is 5.32 Å². The van der Waals surface area contributed by atoms with Crippen LogP contribution in [0.3, 0.4) is 0 Å². The summed E-state index contributed by atoms with van der Waals surface area (Å²) in [6.07, 6.45) is 1.67. The average molecular weight is 362 g/mol. The summed E-state index contributed by atoms with van der Waals surface area (Å²) in [6, 6.07) is 6.15. The normalized spacial score (nSPS) is 10.8. The molecule has 2 aromatic heterocycles. The number of carbonyl (C=O) groups is 1. The second-order valence-corrected chi connectivity index (χ2v) is 7.27. The highest BCUT2D eigenvalue weighted by Gasteiger charge is 2.10. The van der Waals surface area contributed by atoms with Gasteiger partial charge in [-0.15, -0.1) is 11.3 Å². The molecule has 124 valence electrons. The van der Waals surface area contributed by atoms with E-state index in [0.717, 1.165) is 21.8 Å². The van der Waals surface area contributed by atoms with Gasteiger partial charge < -0.3 is 10.3 Å². The number of hydrogen-bond acceptors (Lipinski definition) is 5. The monoisotopic (exact) mass is 362 g/mol. The van der Waals surface area contributed by atoms with Crippen LogP contribution in [0.1, 0.15) is 10.6 Å². The van der Waals surface area contributed by atoms with E-state index in [1.165, 1.54) is 35.2 Å². The number of nitrogens with one attached hydrogen (secondary N) is 2. The van der Waals surface area contributed by atoms with Gasteiger partial charge in [0.05, 0.1) is 23.3 Å². The Morgan fingerprint density at radius 2 is 2.08 bits per heavy atom. The van der Waals surface area contributed by atoms with Crippen LogP contribution >= 0.6 is 23.1 Å². The van der Waals surface area contributed by atoms with Crippen LogP contribution in [0.4, 0.5) is 9.52 Å². The predicted molar refractivity (Wildman–Crippen MR) is 94.9 cm³/mol. The molecule has 0 saturated carbocycles. The van der Waals surface area contributed by atoms with Gasteiger partial charge in [-0.3, -0.25) is 4.79 Å². The standard InChI is InChI=1S/C16H15FN4OS2/c1-9-10(2)24-16(19-9)21-14(22)8-23-15-18-7-13(20-15)11-3-5-12(17)6-4-11/h3-7H,8H2,1-2H3,(H,18,20)(H,19,21,22). The Bertz CT molecular complexity index is 838. The first-order valence-electron chi connectivity index (χ1n) is 7.19. The van der Waals surface area contributed by atoms with Crippen molar-refractivity contribution in [2.75, 3.05) is 11.1 Å². The van der Waals surface area contributed by atoms with Gasteiger partial charge in [-0.1, -0.05) is 11.8 Å². The molecule has 0 fully saturated rings. The average Bonchev–Trinajstić information content (AvgIpc) is 3.13. The number of thiazole rings is 1. The lowest BCUT2D eigenvalue weighted by Crippen LogP contribution is -2.13. The largest absolute Gasteiger partial charge is 0.333 e. The lowest BCUT2D eigenvalue weighted by atomic mass is 10.2. The molecule has 8 heteroatoms. The number of H-pyrrole nitrogens is 1. The Hall–Kier alpha value is -2.19. The number of amides is 1. The minimum atomic E-state index is -0.280. The molecule has 0 bridgehead atoms. The number of nitrogens with zero attached hydrogens (tertiary/aromatic N) is 2. The highest BCUT2D eigenvalue weighted by Crippen LogP contribution is 2.23. The zero-order valence-electron chi connectivity index (χ0n) is 13.1. The summed E-state index contributed by atoms with van der Waals surface area (Å²) in [5, 5.41) is 4.03. The Labute approximate surface area is 146 Å². The minimum absolute atomic E-state index is 0.131. The minimum Gasteiger partial charge on any atom is -0.333 e. The van der Waals surface area contributed by atoms with Gasteiger partial charge >= 0.3 is 0 Å². The molecule has 0 aliphatic heterocycles. The first kappa shape index (κ1) is 16.7. The number of anilines is 1. The quantitative estimate of drug-likeness (QED) is 0.673. The van der Waals surface area contributed by atoms with Crippen molar-refractivity contribution in [3.63, 3.8) is 0 Å². The first-order valence-corrected chi connectivity index (χ1v) is 8.99. The SMILES string of the molecule is Cc1nc(NC(=O)CSc2ncc(-c3ccc(F)cc3)[nH]2)sc1C. The van der Waals surface area contributed by atoms with E-state index in [0.29, 0.717) is 10.3 Å². The second-order valence-electron chi connectivity index (χ2n) is 5.11. The third kappa shape index (κ3) is 4.01. The van der Waals surface area contributed by atoms with Crippen molar-refractivity contribution in [2.24, 2.45) is 0 Å². The summed E-state index contributed by atoms with van der Waals surface area (Å²) in [5.74, 6) is -0.181. The summed E-state index contributed by atoms with van der Waals surface area (Å²) in [5.41, 5.74) is 2.55. The molecule has 0 spiro atoms. The van der Waals surface area contributed by atoms with Crippen LogP contribution in [-0.4, -0.2) is 26.6 Å². The first-order chi connectivity index (χ1) is 11.5. The highest BCUT2D eigenvalue weighted by atomic mass is 32.2. The Balaban J connectivity index is 1.57. The molecule has 0 unspecified atom stereocenters. The van der Waals surface area contributed by atoms with Gasteiger partial charge in [0.2, 0.25) is 5.91 Å². The van der Waals surface area contributed by atoms with E-state index in [4.69, 9.17) is 0 Å². The third-order valence-corrected chi connectivity index (χ3v) is 5.20. The summed E-state index contributed by atoms with van der Waals surface area (Å²) in [6.45, 7) is 3.88. The molecule has 0 radical (unpaired) electrons. The van der Waals surface area contributed by atoms with Gasteiger partial charge in [0, 0.05) is 4.88 Å². The third-order valence-electron chi connectivity index (χ3n) is 3.32. The van der Waals surface area contributed by atoms with Crippen molar-refractivity contribution in [3.05, 3.63) is 46.9 Å². The number of aromatic amines is 1. The molecule has 2 heterocycles. The van der Waals surface area contributed by atoms with Crippen LogP contribution in [0.2, 0.25) is 0 Å². The molecule has 2 N–H and O–H groups in total. The molecule has 3 rings (SSSR count). The second kappa shape index (κ2) is 7.14. The van der Waals surface area contributed by atoms with E-state index in [1.54, 1.807) is 18.3 Å². The molecule has 0 atom stereocenters. The molecule has 1 amide bonds. The molecule has 3 aromatic rings. The summed E-state index contributed by atoms with van der Waals surface area (Å²) in [7, 11) is 0. The predicted octanol–water partition coefficient (Wildman–Crippen LogP) is 4.02. The molecule has 1 aromatic carbocycles. The van der Waals surface area contributed by atoms with E-state index in [9.17, 15) is 9.18 Å². The number of thioether (sulfide) groups is 1. The van der Waals surface area contributed by atoms with E-state index in [-0.39, 0.29) is 17.5 Å². The number of aryl methyl sites for hydroxylation is 2.